The molecule has 1 unspecified atom stereocenters. The van der Waals surface area contributed by atoms with E-state index in [2.05, 4.69) is 22.3 Å². The molecule has 1 N–H and O–H groups in total. The molecule has 1 aromatic carbocycles. The highest BCUT2D eigenvalue weighted by atomic mass is 16.5. The fourth-order valence-electron chi connectivity index (χ4n) is 4.81. The van der Waals surface area contributed by atoms with Gasteiger partial charge in [-0.15, -0.1) is 0 Å². The molecule has 30 heavy (non-hydrogen) atoms. The molecule has 2 amide bonds. The zero-order valence-corrected chi connectivity index (χ0v) is 18.1. The van der Waals surface area contributed by atoms with Crippen molar-refractivity contribution in [2.75, 3.05) is 39.8 Å². The summed E-state index contributed by atoms with van der Waals surface area (Å²) >= 11 is 0. The van der Waals surface area contributed by atoms with Crippen LogP contribution < -0.4 is 10.1 Å². The lowest BCUT2D eigenvalue weighted by molar-refractivity contribution is -0.136. The number of amides is 2. The average Bonchev–Trinajstić information content (AvgIpc) is 3.65. The third-order valence-electron chi connectivity index (χ3n) is 6.91. The Morgan fingerprint density at radius 1 is 0.967 bits per heavy atom. The summed E-state index contributed by atoms with van der Waals surface area (Å²) in [5.74, 6) is 1.59. The van der Waals surface area contributed by atoms with Crippen LogP contribution >= 0.6 is 0 Å². The quantitative estimate of drug-likeness (QED) is 0.747. The van der Waals surface area contributed by atoms with Crippen LogP contribution in [0.2, 0.25) is 0 Å². The van der Waals surface area contributed by atoms with E-state index >= 15 is 0 Å². The summed E-state index contributed by atoms with van der Waals surface area (Å²) < 4.78 is 5.30. The van der Waals surface area contributed by atoms with Crippen molar-refractivity contribution in [1.82, 2.24) is 15.1 Å². The maximum Gasteiger partial charge on any atom is 0.225 e. The van der Waals surface area contributed by atoms with Crippen molar-refractivity contribution in [3.63, 3.8) is 0 Å². The van der Waals surface area contributed by atoms with Crippen molar-refractivity contribution < 1.29 is 14.3 Å². The summed E-state index contributed by atoms with van der Waals surface area (Å²) in [5.41, 5.74) is 1.22. The Balaban J connectivity index is 1.33. The largest absolute Gasteiger partial charge is 0.497 e. The highest BCUT2D eigenvalue weighted by Crippen LogP contribution is 2.32. The molecule has 6 heteroatoms. The summed E-state index contributed by atoms with van der Waals surface area (Å²) in [4.78, 5) is 29.6. The number of nitrogens with zero attached hydrogens (tertiary/aromatic N) is 2. The molecule has 3 aliphatic rings. The van der Waals surface area contributed by atoms with Crippen LogP contribution in [0.15, 0.2) is 24.3 Å². The van der Waals surface area contributed by atoms with Gasteiger partial charge in [-0.2, -0.15) is 0 Å². The molecule has 0 aromatic heterocycles. The van der Waals surface area contributed by atoms with E-state index in [1.54, 1.807) is 7.11 Å². The molecule has 0 bridgehead atoms. The van der Waals surface area contributed by atoms with Gasteiger partial charge in [0.1, 0.15) is 5.75 Å². The molecule has 164 valence electrons. The van der Waals surface area contributed by atoms with Crippen LogP contribution in [-0.2, 0) is 9.59 Å². The lowest BCUT2D eigenvalue weighted by Crippen LogP contribution is -2.45. The lowest BCUT2D eigenvalue weighted by atomic mass is 9.95. The minimum absolute atomic E-state index is 0.0196. The summed E-state index contributed by atoms with van der Waals surface area (Å²) in [6.07, 6.45) is 7.37. The van der Waals surface area contributed by atoms with Gasteiger partial charge in [-0.05, 0) is 69.3 Å². The summed E-state index contributed by atoms with van der Waals surface area (Å²) in [6, 6.07) is 8.43. The van der Waals surface area contributed by atoms with Crippen molar-refractivity contribution in [2.45, 2.75) is 51.0 Å². The first-order valence-electron chi connectivity index (χ1n) is 11.6. The molecule has 1 saturated carbocycles. The number of rotatable bonds is 7. The van der Waals surface area contributed by atoms with Crippen LogP contribution in [0.1, 0.15) is 56.6 Å². The average molecular weight is 414 g/mol. The molecule has 1 aliphatic carbocycles. The first kappa shape index (κ1) is 21.2. The zero-order chi connectivity index (χ0) is 20.9. The minimum atomic E-state index is 0.0196. The second-order valence-corrected chi connectivity index (χ2v) is 9.00. The molecule has 1 aromatic rings. The van der Waals surface area contributed by atoms with Crippen LogP contribution in [0.25, 0.3) is 0 Å². The number of carbonyl (C=O) groups is 2. The van der Waals surface area contributed by atoms with Gasteiger partial charge >= 0.3 is 0 Å². The van der Waals surface area contributed by atoms with Gasteiger partial charge in [0.15, 0.2) is 0 Å². The van der Waals surface area contributed by atoms with Crippen LogP contribution in [-0.4, -0.2) is 61.4 Å². The second-order valence-electron chi connectivity index (χ2n) is 9.00. The van der Waals surface area contributed by atoms with Gasteiger partial charge in [-0.25, -0.2) is 0 Å². The number of nitrogens with one attached hydrogen (secondary N) is 1. The molecule has 4 rings (SSSR count). The normalized spacial score (nSPS) is 21.8. The monoisotopic (exact) mass is 413 g/mol. The number of hydrogen-bond donors (Lipinski definition) is 1. The summed E-state index contributed by atoms with van der Waals surface area (Å²) in [6.45, 7) is 4.23. The number of ether oxygens (including phenoxy) is 1. The van der Waals surface area contributed by atoms with Gasteiger partial charge in [-0.1, -0.05) is 18.6 Å². The van der Waals surface area contributed by atoms with E-state index in [-0.39, 0.29) is 23.8 Å². The maximum atomic E-state index is 12.9. The van der Waals surface area contributed by atoms with Crippen molar-refractivity contribution >= 4 is 11.8 Å². The van der Waals surface area contributed by atoms with E-state index in [1.165, 1.54) is 24.8 Å². The fraction of sp³-hybridized carbons (Fsp3) is 0.667. The molecule has 3 fully saturated rings. The number of piperidine rings is 2. The molecular formula is C24H35N3O3. The van der Waals surface area contributed by atoms with Crippen LogP contribution in [0.3, 0.4) is 0 Å². The van der Waals surface area contributed by atoms with E-state index in [0.717, 1.165) is 57.6 Å². The Labute approximate surface area is 179 Å². The Kier molecular flexibility index (Phi) is 6.93. The topological polar surface area (TPSA) is 61.9 Å². The lowest BCUT2D eigenvalue weighted by Gasteiger charge is -2.36. The van der Waals surface area contributed by atoms with Crippen molar-refractivity contribution in [2.24, 2.45) is 11.8 Å². The predicted molar refractivity (Wildman–Crippen MR) is 116 cm³/mol. The summed E-state index contributed by atoms with van der Waals surface area (Å²) in [5, 5.41) is 3.24. The third-order valence-corrected chi connectivity index (χ3v) is 6.91. The number of carbonyl (C=O) groups excluding carboxylic acids is 2. The fourth-order valence-corrected chi connectivity index (χ4v) is 4.81. The van der Waals surface area contributed by atoms with Gasteiger partial charge in [-0.3, -0.25) is 14.5 Å². The van der Waals surface area contributed by atoms with Crippen molar-refractivity contribution in [3.8, 4) is 5.75 Å². The highest BCUT2D eigenvalue weighted by molar-refractivity contribution is 5.82. The zero-order valence-electron chi connectivity index (χ0n) is 18.1. The number of methoxy groups -OCH3 is 1. The standard InChI is InChI=1S/C24H35N3O3/c1-30-21-9-7-18(8-10-21)22(26-13-3-2-4-14-26)17-25-23(28)19-11-15-27(16-12-19)24(29)20-5-6-20/h7-10,19-20,22H,2-6,11-17H2,1H3,(H,25,28). The highest BCUT2D eigenvalue weighted by Gasteiger charge is 2.36. The molecule has 2 heterocycles. The van der Waals surface area contributed by atoms with E-state index in [4.69, 9.17) is 4.74 Å². The van der Waals surface area contributed by atoms with E-state index < -0.39 is 0 Å². The maximum absolute atomic E-state index is 12.9. The third kappa shape index (κ3) is 5.15. The van der Waals surface area contributed by atoms with Gasteiger partial charge in [0.25, 0.3) is 0 Å². The Morgan fingerprint density at radius 3 is 2.23 bits per heavy atom. The molecule has 2 aliphatic heterocycles. The molecule has 0 spiro atoms. The van der Waals surface area contributed by atoms with Crippen LogP contribution in [0.4, 0.5) is 0 Å². The van der Waals surface area contributed by atoms with E-state index in [0.29, 0.717) is 12.5 Å². The Morgan fingerprint density at radius 2 is 1.63 bits per heavy atom. The predicted octanol–water partition coefficient (Wildman–Crippen LogP) is 2.99. The van der Waals surface area contributed by atoms with E-state index in [9.17, 15) is 9.59 Å². The smallest absolute Gasteiger partial charge is 0.225 e. The van der Waals surface area contributed by atoms with Gasteiger partial charge in [0.2, 0.25) is 11.8 Å². The number of benzene rings is 1. The molecule has 1 atom stereocenters. The Hall–Kier alpha value is -2.08. The molecule has 2 saturated heterocycles. The van der Waals surface area contributed by atoms with Crippen LogP contribution in [0.5, 0.6) is 5.75 Å². The first-order valence-corrected chi connectivity index (χ1v) is 11.6. The van der Waals surface area contributed by atoms with Crippen LogP contribution in [0, 0.1) is 11.8 Å². The molecule has 6 nitrogen and oxygen atoms in total. The SMILES string of the molecule is COc1ccc(C(CNC(=O)C2CCN(C(=O)C3CC3)CC2)N2CCCCC2)cc1. The number of hydrogen-bond acceptors (Lipinski definition) is 4. The second kappa shape index (κ2) is 9.82. The van der Waals surface area contributed by atoms with Crippen molar-refractivity contribution in [3.05, 3.63) is 29.8 Å². The summed E-state index contributed by atoms with van der Waals surface area (Å²) in [7, 11) is 1.68. The van der Waals surface area contributed by atoms with E-state index in [1.807, 2.05) is 17.0 Å². The number of likely N-dealkylation sites (tertiary alicyclic amines) is 2. The van der Waals surface area contributed by atoms with Gasteiger partial charge in [0, 0.05) is 31.5 Å². The Bertz CT molecular complexity index is 718. The minimum Gasteiger partial charge on any atom is -0.497 e. The van der Waals surface area contributed by atoms with Crippen molar-refractivity contribution in [1.29, 1.82) is 0 Å². The van der Waals surface area contributed by atoms with Gasteiger partial charge < -0.3 is 15.0 Å². The van der Waals surface area contributed by atoms with Gasteiger partial charge in [0.05, 0.1) is 13.2 Å². The first-order chi connectivity index (χ1) is 14.7. The molecular weight excluding hydrogens is 378 g/mol. The molecule has 0 radical (unpaired) electrons.